The number of rotatable bonds is 1. The second-order valence-electron chi connectivity index (χ2n) is 3.80. The van der Waals surface area contributed by atoms with E-state index in [0.29, 0.717) is 5.56 Å². The van der Waals surface area contributed by atoms with Crippen molar-refractivity contribution in [1.82, 2.24) is 0 Å². The quantitative estimate of drug-likeness (QED) is 0.718. The van der Waals surface area contributed by atoms with Gasteiger partial charge >= 0.3 is 0 Å². The Morgan fingerprint density at radius 3 is 2.35 bits per heavy atom. The van der Waals surface area contributed by atoms with Crippen molar-refractivity contribution in [3.8, 4) is 11.1 Å². The van der Waals surface area contributed by atoms with Gasteiger partial charge in [-0.15, -0.1) is 0 Å². The molecule has 82 valence electrons. The molecule has 1 aliphatic rings. The third-order valence-electron chi connectivity index (χ3n) is 2.72. The number of benzene rings is 2. The van der Waals surface area contributed by atoms with Gasteiger partial charge in [0.05, 0.1) is 0 Å². The fourth-order valence-corrected chi connectivity index (χ4v) is 2.72. The van der Waals surface area contributed by atoms with Crippen LogP contribution in [0.25, 0.3) is 11.1 Å². The zero-order chi connectivity index (χ0) is 11.8. The molecule has 0 saturated carbocycles. The van der Waals surface area contributed by atoms with Crippen LogP contribution >= 0.6 is 11.8 Å². The van der Waals surface area contributed by atoms with Gasteiger partial charge in [-0.05, 0) is 35.0 Å². The predicted molar refractivity (Wildman–Crippen MR) is 67.1 cm³/mol. The van der Waals surface area contributed by atoms with Crippen LogP contribution in [0.5, 0.6) is 0 Å². The van der Waals surface area contributed by atoms with E-state index in [2.05, 4.69) is 0 Å². The van der Waals surface area contributed by atoms with Crippen molar-refractivity contribution in [2.75, 3.05) is 0 Å². The van der Waals surface area contributed by atoms with Gasteiger partial charge in [0.2, 0.25) is 5.78 Å². The van der Waals surface area contributed by atoms with Crippen molar-refractivity contribution in [1.29, 1.82) is 0 Å². The highest BCUT2D eigenvalue weighted by Gasteiger charge is 2.29. The summed E-state index contributed by atoms with van der Waals surface area (Å²) in [5.41, 5.74) is 2.64. The molecule has 2 nitrogen and oxygen atoms in total. The molecule has 0 aromatic heterocycles. The first kappa shape index (κ1) is 10.3. The SMILES string of the molecule is O=C1Sc2cc(-c3ccccc3)ccc2C1=O. The first-order valence-corrected chi connectivity index (χ1v) is 6.03. The normalized spacial score (nSPS) is 13.9. The van der Waals surface area contributed by atoms with Crippen LogP contribution in [0.4, 0.5) is 0 Å². The molecule has 0 radical (unpaired) electrons. The Labute approximate surface area is 103 Å². The molecule has 0 N–H and O–H groups in total. The molecular formula is C14H8O2S. The minimum absolute atomic E-state index is 0.384. The maximum Gasteiger partial charge on any atom is 0.264 e. The molecule has 0 fully saturated rings. The number of hydrogen-bond acceptors (Lipinski definition) is 3. The average molecular weight is 240 g/mol. The van der Waals surface area contributed by atoms with Gasteiger partial charge in [0.1, 0.15) is 0 Å². The van der Waals surface area contributed by atoms with Crippen LogP contribution in [0.15, 0.2) is 53.4 Å². The topological polar surface area (TPSA) is 34.1 Å². The first-order chi connectivity index (χ1) is 8.25. The summed E-state index contributed by atoms with van der Waals surface area (Å²) in [5.74, 6) is -0.385. The number of thioether (sulfide) groups is 1. The van der Waals surface area contributed by atoms with E-state index in [1.165, 1.54) is 0 Å². The zero-order valence-corrected chi connectivity index (χ0v) is 9.66. The molecule has 2 aromatic rings. The van der Waals surface area contributed by atoms with E-state index in [1.54, 1.807) is 6.07 Å². The van der Waals surface area contributed by atoms with E-state index in [1.807, 2.05) is 42.5 Å². The average Bonchev–Trinajstić information content (AvgIpc) is 2.66. The molecule has 17 heavy (non-hydrogen) atoms. The highest BCUT2D eigenvalue weighted by Crippen LogP contribution is 2.35. The number of Topliss-reactive ketones (excluding diaryl/α,β-unsaturated/α-hetero) is 1. The fourth-order valence-electron chi connectivity index (χ4n) is 1.86. The fraction of sp³-hybridized carbons (Fsp3) is 0. The molecule has 0 unspecified atom stereocenters. The maximum absolute atomic E-state index is 11.5. The van der Waals surface area contributed by atoms with Gasteiger partial charge < -0.3 is 0 Å². The van der Waals surface area contributed by atoms with Crippen molar-refractivity contribution >= 4 is 22.7 Å². The second kappa shape index (κ2) is 3.86. The minimum Gasteiger partial charge on any atom is -0.284 e. The molecule has 0 saturated heterocycles. The Bertz CT molecular complexity index is 617. The molecule has 0 bridgehead atoms. The van der Waals surface area contributed by atoms with Crippen LogP contribution < -0.4 is 0 Å². The highest BCUT2D eigenvalue weighted by atomic mass is 32.2. The smallest absolute Gasteiger partial charge is 0.264 e. The van der Waals surface area contributed by atoms with Crippen LogP contribution in [-0.4, -0.2) is 10.9 Å². The van der Waals surface area contributed by atoms with E-state index in [4.69, 9.17) is 0 Å². The summed E-state index contributed by atoms with van der Waals surface area (Å²) in [6, 6.07) is 15.4. The molecule has 2 aromatic carbocycles. The number of ketones is 1. The largest absolute Gasteiger partial charge is 0.284 e. The third-order valence-corrected chi connectivity index (χ3v) is 3.65. The van der Waals surface area contributed by atoms with Gasteiger partial charge in [0.15, 0.2) is 0 Å². The van der Waals surface area contributed by atoms with Crippen LogP contribution in [0, 0.1) is 0 Å². The molecule has 0 amide bonds. The van der Waals surface area contributed by atoms with E-state index in [9.17, 15) is 9.59 Å². The Hall–Kier alpha value is -1.87. The summed E-state index contributed by atoms with van der Waals surface area (Å²) in [5, 5.41) is -0.384. The van der Waals surface area contributed by atoms with Crippen LogP contribution in [-0.2, 0) is 4.79 Å². The highest BCUT2D eigenvalue weighted by molar-refractivity contribution is 8.16. The zero-order valence-electron chi connectivity index (χ0n) is 8.84. The summed E-state index contributed by atoms with van der Waals surface area (Å²) in [4.78, 5) is 23.5. The van der Waals surface area contributed by atoms with Crippen molar-refractivity contribution in [2.24, 2.45) is 0 Å². The summed E-state index contributed by atoms with van der Waals surface area (Å²) >= 11 is 1.02. The van der Waals surface area contributed by atoms with Gasteiger partial charge in [0, 0.05) is 10.5 Å². The number of carbonyl (C=O) groups excluding carboxylic acids is 2. The second-order valence-corrected chi connectivity index (χ2v) is 4.81. The standard InChI is InChI=1S/C14H8O2S/c15-13-11-7-6-10(8-12(11)17-14(13)16)9-4-2-1-3-5-9/h1-8H. The summed E-state index contributed by atoms with van der Waals surface area (Å²) in [6.07, 6.45) is 0. The number of hydrogen-bond donors (Lipinski definition) is 0. The predicted octanol–water partition coefficient (Wildman–Crippen LogP) is 3.17. The molecular weight excluding hydrogens is 232 g/mol. The number of fused-ring (bicyclic) bond motifs is 1. The lowest BCUT2D eigenvalue weighted by molar-refractivity contribution is -0.107. The molecule has 0 spiro atoms. The van der Waals surface area contributed by atoms with E-state index in [-0.39, 0.29) is 10.9 Å². The van der Waals surface area contributed by atoms with E-state index in [0.717, 1.165) is 27.8 Å². The first-order valence-electron chi connectivity index (χ1n) is 5.22. The van der Waals surface area contributed by atoms with Crippen molar-refractivity contribution in [2.45, 2.75) is 4.90 Å². The Kier molecular flexibility index (Phi) is 2.34. The minimum atomic E-state index is -0.385. The lowest BCUT2D eigenvalue weighted by atomic mass is 10.0. The molecule has 1 heterocycles. The molecule has 0 aliphatic carbocycles. The van der Waals surface area contributed by atoms with Crippen LogP contribution in [0.1, 0.15) is 10.4 Å². The van der Waals surface area contributed by atoms with E-state index >= 15 is 0 Å². The Morgan fingerprint density at radius 2 is 1.59 bits per heavy atom. The van der Waals surface area contributed by atoms with Gasteiger partial charge in [0.25, 0.3) is 5.12 Å². The van der Waals surface area contributed by atoms with Crippen LogP contribution in [0.2, 0.25) is 0 Å². The molecule has 0 atom stereocenters. The molecule has 3 heteroatoms. The Balaban J connectivity index is 2.10. The van der Waals surface area contributed by atoms with Crippen molar-refractivity contribution in [3.63, 3.8) is 0 Å². The molecule has 1 aliphatic heterocycles. The van der Waals surface area contributed by atoms with Gasteiger partial charge in [-0.3, -0.25) is 9.59 Å². The third kappa shape index (κ3) is 1.68. The number of carbonyl (C=O) groups is 2. The van der Waals surface area contributed by atoms with Gasteiger partial charge in [-0.25, -0.2) is 0 Å². The monoisotopic (exact) mass is 240 g/mol. The van der Waals surface area contributed by atoms with Gasteiger partial charge in [-0.1, -0.05) is 36.4 Å². The Morgan fingerprint density at radius 1 is 0.824 bits per heavy atom. The van der Waals surface area contributed by atoms with Crippen LogP contribution in [0.3, 0.4) is 0 Å². The van der Waals surface area contributed by atoms with Crippen molar-refractivity contribution < 1.29 is 9.59 Å². The lowest BCUT2D eigenvalue weighted by Crippen LogP contribution is -2.01. The van der Waals surface area contributed by atoms with Gasteiger partial charge in [-0.2, -0.15) is 0 Å². The lowest BCUT2D eigenvalue weighted by Gasteiger charge is -2.03. The summed E-state index contributed by atoms with van der Waals surface area (Å²) in [7, 11) is 0. The maximum atomic E-state index is 11.5. The summed E-state index contributed by atoms with van der Waals surface area (Å²) < 4.78 is 0. The van der Waals surface area contributed by atoms with E-state index < -0.39 is 0 Å². The summed E-state index contributed by atoms with van der Waals surface area (Å²) in [6.45, 7) is 0. The van der Waals surface area contributed by atoms with Crippen molar-refractivity contribution in [3.05, 3.63) is 54.1 Å². The molecule has 3 rings (SSSR count).